The zero-order chi connectivity index (χ0) is 17.1. The van der Waals surface area contributed by atoms with Crippen LogP contribution < -0.4 is 16.0 Å². The standard InChI is InChI=1S/C16H16N4O3S/c1-9(21)17-11-4-2-10(3-5-11)13-8-24-16(19-13)20-15(23)12-6-7-14(22)18-12/h2-5,8,12H,6-7H2,1H3,(H,17,21)(H,18,22)(H,19,20,23). The summed E-state index contributed by atoms with van der Waals surface area (Å²) in [6.07, 6.45) is 0.884. The minimum atomic E-state index is -0.484. The summed E-state index contributed by atoms with van der Waals surface area (Å²) in [7, 11) is 0. The van der Waals surface area contributed by atoms with E-state index in [1.54, 1.807) is 12.1 Å². The predicted octanol–water partition coefficient (Wildman–Crippen LogP) is 1.99. The lowest BCUT2D eigenvalue weighted by Crippen LogP contribution is -2.37. The summed E-state index contributed by atoms with van der Waals surface area (Å²) in [5.74, 6) is -0.475. The van der Waals surface area contributed by atoms with Crippen LogP contribution in [-0.4, -0.2) is 28.7 Å². The molecule has 1 atom stereocenters. The van der Waals surface area contributed by atoms with E-state index in [0.29, 0.717) is 23.7 Å². The highest BCUT2D eigenvalue weighted by atomic mass is 32.1. The van der Waals surface area contributed by atoms with E-state index in [2.05, 4.69) is 20.9 Å². The Bertz CT molecular complexity index is 785. The Hall–Kier alpha value is -2.74. The second-order valence-electron chi connectivity index (χ2n) is 5.44. The molecule has 7 nitrogen and oxygen atoms in total. The Morgan fingerprint density at radius 1 is 1.25 bits per heavy atom. The molecule has 1 fully saturated rings. The van der Waals surface area contributed by atoms with Crippen molar-refractivity contribution < 1.29 is 14.4 Å². The van der Waals surface area contributed by atoms with E-state index in [0.717, 1.165) is 11.3 Å². The van der Waals surface area contributed by atoms with E-state index in [1.807, 2.05) is 17.5 Å². The van der Waals surface area contributed by atoms with Crippen molar-refractivity contribution in [2.45, 2.75) is 25.8 Å². The number of hydrogen-bond acceptors (Lipinski definition) is 5. The third-order valence-electron chi connectivity index (χ3n) is 3.55. The number of hydrogen-bond donors (Lipinski definition) is 3. The first-order valence-electron chi connectivity index (χ1n) is 7.45. The van der Waals surface area contributed by atoms with Gasteiger partial charge in [-0.1, -0.05) is 12.1 Å². The fourth-order valence-electron chi connectivity index (χ4n) is 2.39. The molecule has 2 heterocycles. The first kappa shape index (κ1) is 16.1. The molecule has 0 bridgehead atoms. The zero-order valence-electron chi connectivity index (χ0n) is 13.0. The number of anilines is 2. The number of rotatable bonds is 4. The number of nitrogens with zero attached hydrogens (tertiary/aromatic N) is 1. The predicted molar refractivity (Wildman–Crippen MR) is 91.6 cm³/mol. The maximum atomic E-state index is 12.1. The molecule has 0 saturated carbocycles. The average molecular weight is 344 g/mol. The smallest absolute Gasteiger partial charge is 0.248 e. The van der Waals surface area contributed by atoms with Crippen molar-refractivity contribution in [3.05, 3.63) is 29.6 Å². The molecule has 2 aromatic rings. The number of carbonyl (C=O) groups excluding carboxylic acids is 3. The van der Waals surface area contributed by atoms with Crippen molar-refractivity contribution in [3.8, 4) is 11.3 Å². The second-order valence-corrected chi connectivity index (χ2v) is 6.30. The number of carbonyl (C=O) groups is 3. The number of nitrogens with one attached hydrogen (secondary N) is 3. The quantitative estimate of drug-likeness (QED) is 0.789. The minimum Gasteiger partial charge on any atom is -0.344 e. The lowest BCUT2D eigenvalue weighted by Gasteiger charge is -2.08. The lowest BCUT2D eigenvalue weighted by atomic mass is 10.1. The first-order valence-corrected chi connectivity index (χ1v) is 8.33. The van der Waals surface area contributed by atoms with Crippen molar-refractivity contribution >= 4 is 39.9 Å². The molecule has 1 aliphatic heterocycles. The summed E-state index contributed by atoms with van der Waals surface area (Å²) < 4.78 is 0. The second kappa shape index (κ2) is 6.79. The molecular formula is C16H16N4O3S. The van der Waals surface area contributed by atoms with Crippen LogP contribution in [0.25, 0.3) is 11.3 Å². The van der Waals surface area contributed by atoms with Crippen LogP contribution in [0.2, 0.25) is 0 Å². The molecule has 8 heteroatoms. The van der Waals surface area contributed by atoms with Gasteiger partial charge in [0, 0.05) is 30.0 Å². The fourth-order valence-corrected chi connectivity index (χ4v) is 3.12. The molecule has 0 aliphatic carbocycles. The van der Waals surface area contributed by atoms with Crippen LogP contribution in [-0.2, 0) is 14.4 Å². The van der Waals surface area contributed by atoms with E-state index >= 15 is 0 Å². The Labute approximate surface area is 142 Å². The topological polar surface area (TPSA) is 100 Å². The SMILES string of the molecule is CC(=O)Nc1ccc(-c2csc(NC(=O)C3CCC(=O)N3)n2)cc1. The van der Waals surface area contributed by atoms with Gasteiger partial charge in [-0.05, 0) is 18.6 Å². The Morgan fingerprint density at radius 3 is 2.62 bits per heavy atom. The lowest BCUT2D eigenvalue weighted by molar-refractivity contribution is -0.122. The van der Waals surface area contributed by atoms with Crippen molar-refractivity contribution in [2.24, 2.45) is 0 Å². The number of aromatic nitrogens is 1. The van der Waals surface area contributed by atoms with Gasteiger partial charge < -0.3 is 16.0 Å². The molecule has 1 unspecified atom stereocenters. The summed E-state index contributed by atoms with van der Waals surface area (Å²) in [5, 5.41) is 10.4. The molecule has 3 N–H and O–H groups in total. The number of amides is 3. The third-order valence-corrected chi connectivity index (χ3v) is 4.30. The highest BCUT2D eigenvalue weighted by Crippen LogP contribution is 2.26. The Balaban J connectivity index is 1.65. The molecular weight excluding hydrogens is 328 g/mol. The monoisotopic (exact) mass is 344 g/mol. The molecule has 1 aliphatic rings. The summed E-state index contributed by atoms with van der Waals surface area (Å²) in [4.78, 5) is 38.6. The zero-order valence-corrected chi connectivity index (χ0v) is 13.8. The van der Waals surface area contributed by atoms with Gasteiger partial charge in [-0.25, -0.2) is 4.98 Å². The minimum absolute atomic E-state index is 0.103. The van der Waals surface area contributed by atoms with Gasteiger partial charge in [-0.15, -0.1) is 11.3 Å². The van der Waals surface area contributed by atoms with E-state index < -0.39 is 6.04 Å². The van der Waals surface area contributed by atoms with Crippen LogP contribution >= 0.6 is 11.3 Å². The molecule has 0 radical (unpaired) electrons. The molecule has 3 amide bonds. The van der Waals surface area contributed by atoms with Crippen molar-refractivity contribution in [2.75, 3.05) is 10.6 Å². The van der Waals surface area contributed by atoms with E-state index in [4.69, 9.17) is 0 Å². The summed E-state index contributed by atoms with van der Waals surface area (Å²) >= 11 is 1.32. The summed E-state index contributed by atoms with van der Waals surface area (Å²) in [5.41, 5.74) is 2.34. The maximum Gasteiger partial charge on any atom is 0.248 e. The van der Waals surface area contributed by atoms with Gasteiger partial charge >= 0.3 is 0 Å². The molecule has 1 saturated heterocycles. The fraction of sp³-hybridized carbons (Fsp3) is 0.250. The Kier molecular flexibility index (Phi) is 4.57. The molecule has 1 aromatic heterocycles. The van der Waals surface area contributed by atoms with Crippen molar-refractivity contribution in [1.29, 1.82) is 0 Å². The van der Waals surface area contributed by atoms with Gasteiger partial charge in [-0.3, -0.25) is 14.4 Å². The first-order chi connectivity index (χ1) is 11.5. The van der Waals surface area contributed by atoms with E-state index in [-0.39, 0.29) is 17.7 Å². The number of thiazole rings is 1. The van der Waals surface area contributed by atoms with Gasteiger partial charge in [0.15, 0.2) is 5.13 Å². The van der Waals surface area contributed by atoms with Crippen LogP contribution in [0.5, 0.6) is 0 Å². The maximum absolute atomic E-state index is 12.1. The number of benzene rings is 1. The van der Waals surface area contributed by atoms with Gasteiger partial charge in [0.25, 0.3) is 0 Å². The van der Waals surface area contributed by atoms with Crippen LogP contribution in [0, 0.1) is 0 Å². The van der Waals surface area contributed by atoms with Crippen molar-refractivity contribution in [3.63, 3.8) is 0 Å². The Morgan fingerprint density at radius 2 is 2.00 bits per heavy atom. The van der Waals surface area contributed by atoms with Gasteiger partial charge in [-0.2, -0.15) is 0 Å². The van der Waals surface area contributed by atoms with Crippen molar-refractivity contribution in [1.82, 2.24) is 10.3 Å². The highest BCUT2D eigenvalue weighted by molar-refractivity contribution is 7.14. The molecule has 3 rings (SSSR count). The van der Waals surface area contributed by atoms with E-state index in [9.17, 15) is 14.4 Å². The molecule has 1 aromatic carbocycles. The van der Waals surface area contributed by atoms with Gasteiger partial charge in [0.05, 0.1) is 5.69 Å². The highest BCUT2D eigenvalue weighted by Gasteiger charge is 2.27. The molecule has 0 spiro atoms. The largest absolute Gasteiger partial charge is 0.344 e. The molecule has 24 heavy (non-hydrogen) atoms. The van der Waals surface area contributed by atoms with Crippen LogP contribution in [0.4, 0.5) is 10.8 Å². The summed E-state index contributed by atoms with van der Waals surface area (Å²) in [6, 6.07) is 6.80. The van der Waals surface area contributed by atoms with Gasteiger partial charge in [0.2, 0.25) is 17.7 Å². The average Bonchev–Trinajstić information content (AvgIpc) is 3.17. The normalized spacial score (nSPS) is 16.5. The van der Waals surface area contributed by atoms with E-state index in [1.165, 1.54) is 18.3 Å². The van der Waals surface area contributed by atoms with Crippen LogP contribution in [0.1, 0.15) is 19.8 Å². The molecule has 124 valence electrons. The summed E-state index contributed by atoms with van der Waals surface area (Å²) in [6.45, 7) is 1.45. The third kappa shape index (κ3) is 3.77. The van der Waals surface area contributed by atoms with Crippen LogP contribution in [0.3, 0.4) is 0 Å². The van der Waals surface area contributed by atoms with Gasteiger partial charge in [0.1, 0.15) is 6.04 Å². The van der Waals surface area contributed by atoms with Crippen LogP contribution in [0.15, 0.2) is 29.6 Å².